The van der Waals surface area contributed by atoms with Crippen LogP contribution in [-0.4, -0.2) is 11.1 Å². The molecule has 82 valence electrons. The van der Waals surface area contributed by atoms with Gasteiger partial charge >= 0.3 is 5.97 Å². The third kappa shape index (κ3) is 2.04. The average Bonchev–Trinajstić information content (AvgIpc) is 2.15. The number of aryl methyl sites for hydroxylation is 2. The van der Waals surface area contributed by atoms with Crippen LogP contribution in [0.5, 0.6) is 0 Å². The number of benzene rings is 1. The number of carbonyl (C=O) groups is 1. The lowest BCUT2D eigenvalue weighted by atomic mass is 9.87. The van der Waals surface area contributed by atoms with Gasteiger partial charge in [0.05, 0.1) is 5.92 Å². The molecule has 0 saturated heterocycles. The van der Waals surface area contributed by atoms with Crippen molar-refractivity contribution < 1.29 is 9.90 Å². The number of hydrogen-bond donors (Lipinski definition) is 1. The van der Waals surface area contributed by atoms with Gasteiger partial charge < -0.3 is 5.11 Å². The van der Waals surface area contributed by atoms with Crippen molar-refractivity contribution in [3.63, 3.8) is 0 Å². The van der Waals surface area contributed by atoms with Gasteiger partial charge in [0.2, 0.25) is 0 Å². The minimum atomic E-state index is -0.758. The van der Waals surface area contributed by atoms with Crippen LogP contribution in [0.25, 0.3) is 0 Å². The van der Waals surface area contributed by atoms with E-state index in [-0.39, 0.29) is 0 Å². The van der Waals surface area contributed by atoms with Gasteiger partial charge in [-0.3, -0.25) is 4.79 Å². The summed E-state index contributed by atoms with van der Waals surface area (Å²) in [5, 5.41) is 9.07. The molecule has 0 fully saturated rings. The lowest BCUT2D eigenvalue weighted by Gasteiger charge is -2.18. The maximum atomic E-state index is 11.0. The molecule has 0 spiro atoms. The SMILES string of the molecule is Cc1cc(C)c(C)c(C(C)C(=O)O)c1C. The first kappa shape index (κ1) is 11.8. The zero-order valence-electron chi connectivity index (χ0n) is 10.0. The average molecular weight is 206 g/mol. The Kier molecular flexibility index (Phi) is 3.18. The zero-order valence-corrected chi connectivity index (χ0v) is 10.0. The van der Waals surface area contributed by atoms with Gasteiger partial charge in [0.1, 0.15) is 0 Å². The molecule has 0 radical (unpaired) electrons. The van der Waals surface area contributed by atoms with Crippen LogP contribution in [0.3, 0.4) is 0 Å². The summed E-state index contributed by atoms with van der Waals surface area (Å²) in [6, 6.07) is 2.11. The third-order valence-corrected chi connectivity index (χ3v) is 3.23. The van der Waals surface area contributed by atoms with Crippen LogP contribution in [0.1, 0.15) is 40.7 Å². The largest absolute Gasteiger partial charge is 0.481 e. The quantitative estimate of drug-likeness (QED) is 0.807. The molecule has 0 saturated carbocycles. The van der Waals surface area contributed by atoms with Crippen molar-refractivity contribution >= 4 is 5.97 Å². The topological polar surface area (TPSA) is 37.3 Å². The van der Waals surface area contributed by atoms with Gasteiger partial charge in [-0.2, -0.15) is 0 Å². The van der Waals surface area contributed by atoms with Gasteiger partial charge in [0.15, 0.2) is 0 Å². The Labute approximate surface area is 90.9 Å². The summed E-state index contributed by atoms with van der Waals surface area (Å²) in [5.74, 6) is -1.19. The van der Waals surface area contributed by atoms with Crippen molar-refractivity contribution in [1.82, 2.24) is 0 Å². The first-order valence-corrected chi connectivity index (χ1v) is 5.16. The maximum absolute atomic E-state index is 11.0. The van der Waals surface area contributed by atoms with E-state index >= 15 is 0 Å². The van der Waals surface area contributed by atoms with E-state index in [0.717, 1.165) is 16.7 Å². The van der Waals surface area contributed by atoms with Crippen LogP contribution in [-0.2, 0) is 4.79 Å². The molecule has 1 atom stereocenters. The van der Waals surface area contributed by atoms with Crippen LogP contribution in [0.2, 0.25) is 0 Å². The van der Waals surface area contributed by atoms with Crippen molar-refractivity contribution in [3.05, 3.63) is 33.9 Å². The highest BCUT2D eigenvalue weighted by Gasteiger charge is 2.20. The number of carboxylic acids is 1. The monoisotopic (exact) mass is 206 g/mol. The molecule has 0 heterocycles. The molecule has 0 amide bonds. The number of carboxylic acid groups (broad SMARTS) is 1. The van der Waals surface area contributed by atoms with Crippen molar-refractivity contribution in [2.75, 3.05) is 0 Å². The third-order valence-electron chi connectivity index (χ3n) is 3.23. The number of aliphatic carboxylic acids is 1. The van der Waals surface area contributed by atoms with Crippen molar-refractivity contribution in [3.8, 4) is 0 Å². The molecule has 1 unspecified atom stereocenters. The summed E-state index contributed by atoms with van der Waals surface area (Å²) in [6.07, 6.45) is 0. The van der Waals surface area contributed by atoms with E-state index < -0.39 is 11.9 Å². The van der Waals surface area contributed by atoms with E-state index in [1.807, 2.05) is 27.7 Å². The van der Waals surface area contributed by atoms with Gasteiger partial charge in [-0.25, -0.2) is 0 Å². The highest BCUT2D eigenvalue weighted by molar-refractivity contribution is 5.77. The second-order valence-corrected chi connectivity index (χ2v) is 4.23. The number of hydrogen-bond acceptors (Lipinski definition) is 1. The minimum Gasteiger partial charge on any atom is -0.481 e. The lowest BCUT2D eigenvalue weighted by Crippen LogP contribution is -2.12. The smallest absolute Gasteiger partial charge is 0.310 e. The molecule has 1 N–H and O–H groups in total. The summed E-state index contributed by atoms with van der Waals surface area (Å²) in [4.78, 5) is 11.0. The second kappa shape index (κ2) is 4.05. The Hall–Kier alpha value is -1.31. The molecule has 0 aromatic heterocycles. The highest BCUT2D eigenvalue weighted by Crippen LogP contribution is 2.28. The molecule has 2 nitrogen and oxygen atoms in total. The fourth-order valence-electron chi connectivity index (χ4n) is 2.02. The molecule has 0 aliphatic heterocycles. The summed E-state index contributed by atoms with van der Waals surface area (Å²) >= 11 is 0. The molecule has 1 aromatic rings. The van der Waals surface area contributed by atoms with Gasteiger partial charge in [-0.1, -0.05) is 6.07 Å². The van der Waals surface area contributed by atoms with E-state index in [1.54, 1.807) is 6.92 Å². The van der Waals surface area contributed by atoms with Crippen LogP contribution in [0.4, 0.5) is 0 Å². The summed E-state index contributed by atoms with van der Waals surface area (Å²) in [7, 11) is 0. The van der Waals surface area contributed by atoms with Crippen LogP contribution in [0, 0.1) is 27.7 Å². The minimum absolute atomic E-state index is 0.427. The molecule has 15 heavy (non-hydrogen) atoms. The fourth-order valence-corrected chi connectivity index (χ4v) is 2.02. The van der Waals surface area contributed by atoms with E-state index in [0.29, 0.717) is 0 Å². The van der Waals surface area contributed by atoms with Crippen LogP contribution >= 0.6 is 0 Å². The highest BCUT2D eigenvalue weighted by atomic mass is 16.4. The van der Waals surface area contributed by atoms with E-state index in [9.17, 15) is 4.79 Å². The molecule has 0 bridgehead atoms. The number of rotatable bonds is 2. The Bertz CT molecular complexity index is 379. The molecule has 0 aliphatic carbocycles. The Morgan fingerprint density at radius 1 is 1.13 bits per heavy atom. The van der Waals surface area contributed by atoms with Crippen molar-refractivity contribution in [2.24, 2.45) is 0 Å². The predicted molar refractivity (Wildman–Crippen MR) is 61.4 cm³/mol. The van der Waals surface area contributed by atoms with Crippen molar-refractivity contribution in [2.45, 2.75) is 40.5 Å². The van der Waals surface area contributed by atoms with Gasteiger partial charge in [0.25, 0.3) is 0 Å². The first-order valence-electron chi connectivity index (χ1n) is 5.16. The van der Waals surface area contributed by atoms with Gasteiger partial charge in [-0.05, 0) is 62.4 Å². The Balaban J connectivity index is 3.45. The van der Waals surface area contributed by atoms with E-state index in [1.165, 1.54) is 11.1 Å². The maximum Gasteiger partial charge on any atom is 0.310 e. The second-order valence-electron chi connectivity index (χ2n) is 4.23. The molecule has 2 heteroatoms. The van der Waals surface area contributed by atoms with Crippen molar-refractivity contribution in [1.29, 1.82) is 0 Å². The molecular formula is C13H18O2. The summed E-state index contributed by atoms with van der Waals surface area (Å²) in [6.45, 7) is 9.79. The zero-order chi connectivity index (χ0) is 11.7. The lowest BCUT2D eigenvalue weighted by molar-refractivity contribution is -0.138. The van der Waals surface area contributed by atoms with Crippen LogP contribution < -0.4 is 0 Å². The Morgan fingerprint density at radius 3 is 1.87 bits per heavy atom. The fraction of sp³-hybridized carbons (Fsp3) is 0.462. The molecule has 1 rings (SSSR count). The van der Waals surface area contributed by atoms with E-state index in [2.05, 4.69) is 6.07 Å². The normalized spacial score (nSPS) is 12.6. The Morgan fingerprint density at radius 2 is 1.53 bits per heavy atom. The summed E-state index contributed by atoms with van der Waals surface area (Å²) < 4.78 is 0. The van der Waals surface area contributed by atoms with E-state index in [4.69, 9.17) is 5.11 Å². The standard InChI is InChI=1S/C13H18O2/c1-7-6-8(2)10(4)12(9(7)3)11(5)13(14)15/h6,11H,1-5H3,(H,14,15). The van der Waals surface area contributed by atoms with Gasteiger partial charge in [-0.15, -0.1) is 0 Å². The summed E-state index contributed by atoms with van der Waals surface area (Å²) in [5.41, 5.74) is 5.52. The molecule has 0 aliphatic rings. The predicted octanol–water partition coefficient (Wildman–Crippen LogP) is 3.11. The molecular weight excluding hydrogens is 188 g/mol. The molecule has 1 aromatic carbocycles. The first-order chi connectivity index (χ1) is 6.86. The van der Waals surface area contributed by atoms with Crippen LogP contribution in [0.15, 0.2) is 6.07 Å². The van der Waals surface area contributed by atoms with Gasteiger partial charge in [0, 0.05) is 0 Å².